The Bertz CT molecular complexity index is 206. The SMILES string of the molecule is CC(C)CCCC(C)NC(=O)CC#N. The molecule has 80 valence electrons. The highest BCUT2D eigenvalue weighted by Crippen LogP contribution is 2.08. The molecule has 1 N–H and O–H groups in total. The van der Waals surface area contributed by atoms with Crippen LogP contribution in [-0.2, 0) is 4.79 Å². The van der Waals surface area contributed by atoms with Crippen molar-refractivity contribution in [1.29, 1.82) is 5.26 Å². The molecule has 0 aliphatic carbocycles. The number of nitriles is 1. The van der Waals surface area contributed by atoms with Gasteiger partial charge < -0.3 is 5.32 Å². The summed E-state index contributed by atoms with van der Waals surface area (Å²) >= 11 is 0. The summed E-state index contributed by atoms with van der Waals surface area (Å²) in [6, 6.07) is 2.02. The molecule has 0 aliphatic rings. The molecular weight excluding hydrogens is 176 g/mol. The maximum atomic E-state index is 11.0. The highest BCUT2D eigenvalue weighted by molar-refractivity contribution is 5.78. The van der Waals surface area contributed by atoms with Gasteiger partial charge >= 0.3 is 0 Å². The zero-order valence-corrected chi connectivity index (χ0v) is 9.34. The summed E-state index contributed by atoms with van der Waals surface area (Å²) in [5.74, 6) is 0.557. The van der Waals surface area contributed by atoms with E-state index < -0.39 is 0 Å². The van der Waals surface area contributed by atoms with Gasteiger partial charge in [-0.3, -0.25) is 4.79 Å². The quantitative estimate of drug-likeness (QED) is 0.708. The largest absolute Gasteiger partial charge is 0.353 e. The van der Waals surface area contributed by atoms with Gasteiger partial charge in [0.25, 0.3) is 0 Å². The van der Waals surface area contributed by atoms with E-state index in [9.17, 15) is 4.79 Å². The molecular formula is C11H20N2O. The van der Waals surface area contributed by atoms with Crippen molar-refractivity contribution in [3.05, 3.63) is 0 Å². The average molecular weight is 196 g/mol. The van der Waals surface area contributed by atoms with Crippen molar-refractivity contribution in [3.63, 3.8) is 0 Å². The third-order valence-electron chi connectivity index (χ3n) is 2.07. The number of carbonyl (C=O) groups excluding carboxylic acids is 1. The van der Waals surface area contributed by atoms with Crippen LogP contribution in [-0.4, -0.2) is 11.9 Å². The third-order valence-corrected chi connectivity index (χ3v) is 2.07. The Kier molecular flexibility index (Phi) is 6.82. The Morgan fingerprint density at radius 3 is 2.50 bits per heavy atom. The summed E-state index contributed by atoms with van der Waals surface area (Å²) in [6.45, 7) is 6.37. The minimum atomic E-state index is -0.162. The summed E-state index contributed by atoms with van der Waals surface area (Å²) in [5, 5.41) is 11.1. The number of rotatable bonds is 6. The van der Waals surface area contributed by atoms with Crippen LogP contribution in [0.25, 0.3) is 0 Å². The predicted octanol–water partition coefficient (Wildman–Crippen LogP) is 2.23. The van der Waals surface area contributed by atoms with E-state index in [1.165, 1.54) is 6.42 Å². The molecule has 0 aromatic heterocycles. The van der Waals surface area contributed by atoms with Crippen LogP contribution in [0.15, 0.2) is 0 Å². The van der Waals surface area contributed by atoms with Gasteiger partial charge in [0, 0.05) is 6.04 Å². The van der Waals surface area contributed by atoms with Crippen LogP contribution in [0.2, 0.25) is 0 Å². The molecule has 0 heterocycles. The van der Waals surface area contributed by atoms with Gasteiger partial charge in [0.1, 0.15) is 6.42 Å². The molecule has 0 saturated carbocycles. The minimum absolute atomic E-state index is 0.0332. The molecule has 0 fully saturated rings. The van der Waals surface area contributed by atoms with Crippen LogP contribution in [0, 0.1) is 17.2 Å². The fourth-order valence-corrected chi connectivity index (χ4v) is 1.30. The molecule has 0 aliphatic heterocycles. The third kappa shape index (κ3) is 7.60. The van der Waals surface area contributed by atoms with Crippen LogP contribution in [0.3, 0.4) is 0 Å². The van der Waals surface area contributed by atoms with Crippen molar-refractivity contribution >= 4 is 5.91 Å². The number of hydrogen-bond acceptors (Lipinski definition) is 2. The summed E-state index contributed by atoms with van der Waals surface area (Å²) in [5.41, 5.74) is 0. The van der Waals surface area contributed by atoms with E-state index in [0.717, 1.165) is 18.8 Å². The van der Waals surface area contributed by atoms with Gasteiger partial charge in [-0.25, -0.2) is 0 Å². The Morgan fingerprint density at radius 2 is 2.00 bits per heavy atom. The van der Waals surface area contributed by atoms with Gasteiger partial charge in [-0.2, -0.15) is 5.26 Å². The van der Waals surface area contributed by atoms with Crippen LogP contribution < -0.4 is 5.32 Å². The van der Waals surface area contributed by atoms with Crippen molar-refractivity contribution in [2.75, 3.05) is 0 Å². The van der Waals surface area contributed by atoms with Gasteiger partial charge in [0.05, 0.1) is 6.07 Å². The first kappa shape index (κ1) is 13.0. The van der Waals surface area contributed by atoms with Crippen LogP contribution in [0.5, 0.6) is 0 Å². The fourth-order valence-electron chi connectivity index (χ4n) is 1.30. The molecule has 0 bridgehead atoms. The van der Waals surface area contributed by atoms with Gasteiger partial charge in [-0.15, -0.1) is 0 Å². The molecule has 14 heavy (non-hydrogen) atoms. The number of hydrogen-bond donors (Lipinski definition) is 1. The molecule has 0 radical (unpaired) electrons. The highest BCUT2D eigenvalue weighted by Gasteiger charge is 2.06. The van der Waals surface area contributed by atoms with Crippen molar-refractivity contribution in [2.24, 2.45) is 5.92 Å². The summed E-state index contributed by atoms with van der Waals surface area (Å²) in [7, 11) is 0. The smallest absolute Gasteiger partial charge is 0.234 e. The molecule has 0 rings (SSSR count). The van der Waals surface area contributed by atoms with Crippen molar-refractivity contribution < 1.29 is 4.79 Å². The normalized spacial score (nSPS) is 12.2. The number of amides is 1. The van der Waals surface area contributed by atoms with Crippen molar-refractivity contribution in [2.45, 2.75) is 52.5 Å². The molecule has 3 heteroatoms. The van der Waals surface area contributed by atoms with E-state index in [-0.39, 0.29) is 18.4 Å². The zero-order valence-electron chi connectivity index (χ0n) is 9.34. The maximum Gasteiger partial charge on any atom is 0.234 e. The molecule has 3 nitrogen and oxygen atoms in total. The van der Waals surface area contributed by atoms with E-state index >= 15 is 0 Å². The van der Waals surface area contributed by atoms with Crippen molar-refractivity contribution in [1.82, 2.24) is 5.32 Å². The number of nitrogens with one attached hydrogen (secondary N) is 1. The summed E-state index contributed by atoms with van der Waals surface area (Å²) < 4.78 is 0. The van der Waals surface area contributed by atoms with E-state index in [1.807, 2.05) is 13.0 Å². The highest BCUT2D eigenvalue weighted by atomic mass is 16.1. The lowest BCUT2D eigenvalue weighted by Gasteiger charge is -2.13. The number of nitrogens with zero attached hydrogens (tertiary/aromatic N) is 1. The van der Waals surface area contributed by atoms with Gasteiger partial charge in [-0.1, -0.05) is 26.7 Å². The second-order valence-electron chi connectivity index (χ2n) is 4.13. The summed E-state index contributed by atoms with van der Waals surface area (Å²) in [4.78, 5) is 11.0. The van der Waals surface area contributed by atoms with Crippen LogP contribution >= 0.6 is 0 Å². The van der Waals surface area contributed by atoms with Gasteiger partial charge in [0.2, 0.25) is 5.91 Å². The summed E-state index contributed by atoms with van der Waals surface area (Å²) in [6.07, 6.45) is 3.29. The second kappa shape index (κ2) is 7.37. The fraction of sp³-hybridized carbons (Fsp3) is 0.818. The Balaban J connectivity index is 3.51. The molecule has 1 atom stereocenters. The monoisotopic (exact) mass is 196 g/mol. The van der Waals surface area contributed by atoms with Gasteiger partial charge in [-0.05, 0) is 19.3 Å². The first-order valence-corrected chi connectivity index (χ1v) is 5.22. The van der Waals surface area contributed by atoms with Crippen molar-refractivity contribution in [3.8, 4) is 6.07 Å². The first-order chi connectivity index (χ1) is 6.56. The standard InChI is InChI=1S/C11H20N2O/c1-9(2)5-4-6-10(3)13-11(14)7-8-12/h9-10H,4-7H2,1-3H3,(H,13,14). The average Bonchev–Trinajstić information content (AvgIpc) is 2.03. The second-order valence-corrected chi connectivity index (χ2v) is 4.13. The van der Waals surface area contributed by atoms with Crippen LogP contribution in [0.4, 0.5) is 0 Å². The topological polar surface area (TPSA) is 52.9 Å². The Labute approximate surface area is 86.5 Å². The maximum absolute atomic E-state index is 11.0. The van der Waals surface area contributed by atoms with E-state index in [0.29, 0.717) is 0 Å². The number of carbonyl (C=O) groups is 1. The molecule has 0 saturated heterocycles. The first-order valence-electron chi connectivity index (χ1n) is 5.22. The lowest BCUT2D eigenvalue weighted by Crippen LogP contribution is -2.32. The van der Waals surface area contributed by atoms with E-state index in [1.54, 1.807) is 0 Å². The Hall–Kier alpha value is -1.04. The minimum Gasteiger partial charge on any atom is -0.353 e. The molecule has 0 spiro atoms. The lowest BCUT2D eigenvalue weighted by molar-refractivity contribution is -0.120. The molecule has 0 aromatic carbocycles. The van der Waals surface area contributed by atoms with Gasteiger partial charge in [0.15, 0.2) is 0 Å². The molecule has 0 aromatic rings. The van der Waals surface area contributed by atoms with E-state index in [2.05, 4.69) is 19.2 Å². The van der Waals surface area contributed by atoms with Crippen LogP contribution in [0.1, 0.15) is 46.5 Å². The lowest BCUT2D eigenvalue weighted by atomic mass is 10.0. The zero-order chi connectivity index (χ0) is 11.0. The molecule has 1 unspecified atom stereocenters. The predicted molar refractivity (Wildman–Crippen MR) is 56.5 cm³/mol. The van der Waals surface area contributed by atoms with E-state index in [4.69, 9.17) is 5.26 Å². The Morgan fingerprint density at radius 1 is 1.36 bits per heavy atom. The molecule has 1 amide bonds.